The fourth-order valence-corrected chi connectivity index (χ4v) is 1.99. The van der Waals surface area contributed by atoms with E-state index in [0.717, 1.165) is 6.42 Å². The van der Waals surface area contributed by atoms with Gasteiger partial charge < -0.3 is 10.5 Å². The molecule has 0 spiro atoms. The average molecular weight is 277 g/mol. The van der Waals surface area contributed by atoms with Crippen molar-refractivity contribution in [2.75, 3.05) is 17.7 Å². The summed E-state index contributed by atoms with van der Waals surface area (Å²) in [5.41, 5.74) is 6.82. The van der Waals surface area contributed by atoms with E-state index in [1.807, 2.05) is 6.92 Å². The molecule has 5 nitrogen and oxygen atoms in total. The van der Waals surface area contributed by atoms with Gasteiger partial charge in [-0.25, -0.2) is 4.98 Å². The highest BCUT2D eigenvalue weighted by atomic mass is 32.1. The monoisotopic (exact) mass is 277 g/mol. The second-order valence-corrected chi connectivity index (χ2v) is 4.79. The SMILES string of the molecule is CCCOc1cc(C(=O)Nc2nccs2)ccc1N. The van der Waals surface area contributed by atoms with Crippen molar-refractivity contribution in [1.82, 2.24) is 4.98 Å². The van der Waals surface area contributed by atoms with E-state index in [1.54, 1.807) is 29.8 Å². The Kier molecular flexibility index (Phi) is 4.35. The van der Waals surface area contributed by atoms with Crippen LogP contribution in [0.4, 0.5) is 10.8 Å². The minimum Gasteiger partial charge on any atom is -0.491 e. The lowest BCUT2D eigenvalue weighted by Crippen LogP contribution is -2.12. The molecule has 0 saturated carbocycles. The van der Waals surface area contributed by atoms with E-state index in [-0.39, 0.29) is 5.91 Å². The number of amides is 1. The second-order valence-electron chi connectivity index (χ2n) is 3.89. The predicted octanol–water partition coefficient (Wildman–Crippen LogP) is 2.77. The first-order chi connectivity index (χ1) is 9.20. The van der Waals surface area contributed by atoms with Crippen LogP contribution in [0.1, 0.15) is 23.7 Å². The zero-order valence-electron chi connectivity index (χ0n) is 10.6. The molecule has 1 amide bonds. The standard InChI is InChI=1S/C13H15N3O2S/c1-2-6-18-11-8-9(3-4-10(11)14)12(17)16-13-15-5-7-19-13/h3-5,7-8H,2,6,14H2,1H3,(H,15,16,17). The van der Waals surface area contributed by atoms with E-state index < -0.39 is 0 Å². The molecule has 3 N–H and O–H groups in total. The van der Waals surface area contributed by atoms with Gasteiger partial charge in [0.2, 0.25) is 0 Å². The van der Waals surface area contributed by atoms with Gasteiger partial charge in [-0.2, -0.15) is 0 Å². The largest absolute Gasteiger partial charge is 0.491 e. The fraction of sp³-hybridized carbons (Fsp3) is 0.231. The van der Waals surface area contributed by atoms with Crippen molar-refractivity contribution in [3.63, 3.8) is 0 Å². The molecule has 2 aromatic rings. The molecule has 2 rings (SSSR count). The zero-order valence-corrected chi connectivity index (χ0v) is 11.4. The highest BCUT2D eigenvalue weighted by molar-refractivity contribution is 7.13. The fourth-order valence-electron chi connectivity index (χ4n) is 1.47. The first kappa shape index (κ1) is 13.4. The molecule has 0 fully saturated rings. The number of benzene rings is 1. The van der Waals surface area contributed by atoms with Crippen molar-refractivity contribution < 1.29 is 9.53 Å². The summed E-state index contributed by atoms with van der Waals surface area (Å²) in [6.45, 7) is 2.58. The van der Waals surface area contributed by atoms with Crippen molar-refractivity contribution in [2.24, 2.45) is 0 Å². The van der Waals surface area contributed by atoms with Crippen molar-refractivity contribution in [3.05, 3.63) is 35.3 Å². The van der Waals surface area contributed by atoms with Gasteiger partial charge in [0.25, 0.3) is 5.91 Å². The Balaban J connectivity index is 2.13. The summed E-state index contributed by atoms with van der Waals surface area (Å²) in [6.07, 6.45) is 2.52. The molecule has 1 aromatic carbocycles. The molecule has 0 aliphatic heterocycles. The van der Waals surface area contributed by atoms with Gasteiger partial charge in [0.15, 0.2) is 5.13 Å². The molecule has 0 radical (unpaired) electrons. The van der Waals surface area contributed by atoms with Crippen LogP contribution in [-0.4, -0.2) is 17.5 Å². The van der Waals surface area contributed by atoms with Crippen LogP contribution in [0.25, 0.3) is 0 Å². The van der Waals surface area contributed by atoms with Crippen LogP contribution in [0.2, 0.25) is 0 Å². The van der Waals surface area contributed by atoms with Crippen LogP contribution in [0, 0.1) is 0 Å². The van der Waals surface area contributed by atoms with Crippen molar-refractivity contribution in [1.29, 1.82) is 0 Å². The zero-order chi connectivity index (χ0) is 13.7. The Labute approximate surface area is 115 Å². The molecule has 0 saturated heterocycles. The lowest BCUT2D eigenvalue weighted by atomic mass is 10.2. The van der Waals surface area contributed by atoms with Crippen molar-refractivity contribution in [3.8, 4) is 5.75 Å². The molecule has 0 bridgehead atoms. The molecular weight excluding hydrogens is 262 g/mol. The van der Waals surface area contributed by atoms with Gasteiger partial charge in [-0.15, -0.1) is 11.3 Å². The molecule has 19 heavy (non-hydrogen) atoms. The quantitative estimate of drug-likeness (QED) is 0.824. The number of nitrogens with one attached hydrogen (secondary N) is 1. The lowest BCUT2D eigenvalue weighted by molar-refractivity contribution is 0.102. The maximum Gasteiger partial charge on any atom is 0.257 e. The Morgan fingerprint density at radius 2 is 2.37 bits per heavy atom. The van der Waals surface area contributed by atoms with E-state index in [9.17, 15) is 4.79 Å². The van der Waals surface area contributed by atoms with Gasteiger partial charge in [0.1, 0.15) is 5.75 Å². The number of aromatic nitrogens is 1. The van der Waals surface area contributed by atoms with E-state index in [0.29, 0.717) is 28.7 Å². The number of carbonyl (C=O) groups excluding carboxylic acids is 1. The number of thiazole rings is 1. The Morgan fingerprint density at radius 3 is 3.05 bits per heavy atom. The Hall–Kier alpha value is -2.08. The minimum absolute atomic E-state index is 0.226. The van der Waals surface area contributed by atoms with Crippen LogP contribution in [0.5, 0.6) is 5.75 Å². The third kappa shape index (κ3) is 3.45. The molecule has 6 heteroatoms. The van der Waals surface area contributed by atoms with Crippen LogP contribution >= 0.6 is 11.3 Å². The summed E-state index contributed by atoms with van der Waals surface area (Å²) in [6, 6.07) is 4.98. The highest BCUT2D eigenvalue weighted by Crippen LogP contribution is 2.23. The molecule has 100 valence electrons. The summed E-state index contributed by atoms with van der Waals surface area (Å²) in [4.78, 5) is 16.0. The normalized spacial score (nSPS) is 10.2. The number of hydrogen-bond acceptors (Lipinski definition) is 5. The predicted molar refractivity (Wildman–Crippen MR) is 76.7 cm³/mol. The van der Waals surface area contributed by atoms with E-state index >= 15 is 0 Å². The van der Waals surface area contributed by atoms with Crippen LogP contribution in [0.3, 0.4) is 0 Å². The van der Waals surface area contributed by atoms with Crippen molar-refractivity contribution in [2.45, 2.75) is 13.3 Å². The second kappa shape index (κ2) is 6.19. The smallest absolute Gasteiger partial charge is 0.257 e. The molecule has 1 aromatic heterocycles. The first-order valence-corrected chi connectivity index (χ1v) is 6.82. The van der Waals surface area contributed by atoms with Gasteiger partial charge in [-0.1, -0.05) is 6.92 Å². The summed E-state index contributed by atoms with van der Waals surface area (Å²) < 4.78 is 5.49. The van der Waals surface area contributed by atoms with E-state index in [1.165, 1.54) is 11.3 Å². The number of carbonyl (C=O) groups is 1. The maximum absolute atomic E-state index is 12.0. The highest BCUT2D eigenvalue weighted by Gasteiger charge is 2.10. The number of nitrogens with zero attached hydrogens (tertiary/aromatic N) is 1. The van der Waals surface area contributed by atoms with Gasteiger partial charge in [-0.3, -0.25) is 10.1 Å². The van der Waals surface area contributed by atoms with Crippen molar-refractivity contribution >= 4 is 28.1 Å². The first-order valence-electron chi connectivity index (χ1n) is 5.94. The number of anilines is 2. The van der Waals surface area contributed by atoms with Crippen LogP contribution in [-0.2, 0) is 0 Å². The van der Waals surface area contributed by atoms with Gasteiger partial charge in [0.05, 0.1) is 12.3 Å². The topological polar surface area (TPSA) is 77.2 Å². The summed E-state index contributed by atoms with van der Waals surface area (Å²) in [7, 11) is 0. The number of nitrogens with two attached hydrogens (primary N) is 1. The van der Waals surface area contributed by atoms with Crippen LogP contribution in [0.15, 0.2) is 29.8 Å². The van der Waals surface area contributed by atoms with Crippen LogP contribution < -0.4 is 15.8 Å². The Morgan fingerprint density at radius 1 is 1.53 bits per heavy atom. The lowest BCUT2D eigenvalue weighted by Gasteiger charge is -2.09. The molecule has 0 aliphatic rings. The van der Waals surface area contributed by atoms with E-state index in [2.05, 4.69) is 10.3 Å². The van der Waals surface area contributed by atoms with E-state index in [4.69, 9.17) is 10.5 Å². The summed E-state index contributed by atoms with van der Waals surface area (Å²) >= 11 is 1.37. The molecular formula is C13H15N3O2S. The maximum atomic E-state index is 12.0. The van der Waals surface area contributed by atoms with Gasteiger partial charge in [-0.05, 0) is 24.6 Å². The number of nitrogen functional groups attached to an aromatic ring is 1. The molecule has 1 heterocycles. The molecule has 0 aliphatic carbocycles. The summed E-state index contributed by atoms with van der Waals surface area (Å²) in [5, 5.41) is 5.08. The number of rotatable bonds is 5. The Bertz CT molecular complexity index is 555. The summed E-state index contributed by atoms with van der Waals surface area (Å²) in [5.74, 6) is 0.310. The number of ether oxygens (including phenoxy) is 1. The van der Waals surface area contributed by atoms with Gasteiger partial charge >= 0.3 is 0 Å². The molecule has 0 atom stereocenters. The van der Waals surface area contributed by atoms with Gasteiger partial charge in [0, 0.05) is 17.1 Å². The minimum atomic E-state index is -0.226. The third-order valence-electron chi connectivity index (χ3n) is 2.39. The average Bonchev–Trinajstić information content (AvgIpc) is 2.90. The molecule has 0 unspecified atom stereocenters. The third-order valence-corrected chi connectivity index (χ3v) is 3.08. The number of hydrogen-bond donors (Lipinski definition) is 2.